The second-order valence-electron chi connectivity index (χ2n) is 11.0. The van der Waals surface area contributed by atoms with Crippen LogP contribution in [0.1, 0.15) is 93.9 Å². The zero-order valence-corrected chi connectivity index (χ0v) is 23.0. The fourth-order valence-electron chi connectivity index (χ4n) is 4.29. The van der Waals surface area contributed by atoms with E-state index in [-0.39, 0.29) is 35.7 Å². The number of benzene rings is 2. The van der Waals surface area contributed by atoms with Crippen molar-refractivity contribution in [1.29, 1.82) is 0 Å². The number of carbonyl (C=O) groups is 2. The molecule has 0 heterocycles. The molecule has 35 heavy (non-hydrogen) atoms. The highest BCUT2D eigenvalue weighted by atomic mass is 16.5. The van der Waals surface area contributed by atoms with E-state index < -0.39 is 5.60 Å². The Labute approximate surface area is 211 Å². The molecule has 5 nitrogen and oxygen atoms in total. The van der Waals surface area contributed by atoms with Crippen LogP contribution < -0.4 is 10.1 Å². The van der Waals surface area contributed by atoms with Gasteiger partial charge >= 0.3 is 0 Å². The summed E-state index contributed by atoms with van der Waals surface area (Å²) in [6.07, 6.45) is 1.80. The SMILES string of the molecule is CCC(CC)(c1ccc(OCC(C)(O)C(C)(C)C)c(C)c1)c1ccc(C(=O)NCC(C)=O)c(C)c1. The van der Waals surface area contributed by atoms with Crippen LogP contribution in [0.3, 0.4) is 0 Å². The van der Waals surface area contributed by atoms with Crippen molar-refractivity contribution >= 4 is 11.7 Å². The molecule has 1 amide bonds. The number of carbonyl (C=O) groups excluding carboxylic acids is 2. The average molecular weight is 482 g/mol. The van der Waals surface area contributed by atoms with Gasteiger partial charge in [0.2, 0.25) is 0 Å². The third kappa shape index (κ3) is 6.32. The Morgan fingerprint density at radius 3 is 1.91 bits per heavy atom. The summed E-state index contributed by atoms with van der Waals surface area (Å²) in [6, 6.07) is 12.3. The van der Waals surface area contributed by atoms with Crippen LogP contribution in [0.15, 0.2) is 36.4 Å². The summed E-state index contributed by atoms with van der Waals surface area (Å²) in [6.45, 7) is 17.9. The number of hydrogen-bond acceptors (Lipinski definition) is 4. The molecular weight excluding hydrogens is 438 g/mol. The Bertz CT molecular complexity index is 1060. The lowest BCUT2D eigenvalue weighted by molar-refractivity contribution is -0.116. The van der Waals surface area contributed by atoms with Gasteiger partial charge in [0.15, 0.2) is 0 Å². The molecule has 2 N–H and O–H groups in total. The van der Waals surface area contributed by atoms with Crippen molar-refractivity contribution in [2.75, 3.05) is 13.2 Å². The van der Waals surface area contributed by atoms with Gasteiger partial charge in [-0.05, 0) is 80.3 Å². The van der Waals surface area contributed by atoms with Crippen molar-refractivity contribution < 1.29 is 19.4 Å². The molecule has 0 saturated carbocycles. The van der Waals surface area contributed by atoms with Gasteiger partial charge in [0, 0.05) is 11.0 Å². The van der Waals surface area contributed by atoms with Crippen LogP contribution in [0.4, 0.5) is 0 Å². The number of aryl methyl sites for hydroxylation is 2. The smallest absolute Gasteiger partial charge is 0.251 e. The van der Waals surface area contributed by atoms with Crippen molar-refractivity contribution in [2.24, 2.45) is 5.41 Å². The Hall–Kier alpha value is -2.66. The van der Waals surface area contributed by atoms with E-state index in [1.807, 2.05) is 59.7 Å². The van der Waals surface area contributed by atoms with Crippen LogP contribution >= 0.6 is 0 Å². The average Bonchev–Trinajstić information content (AvgIpc) is 2.77. The van der Waals surface area contributed by atoms with Gasteiger partial charge < -0.3 is 15.2 Å². The fraction of sp³-hybridized carbons (Fsp3) is 0.533. The zero-order chi connectivity index (χ0) is 26.6. The molecule has 1 unspecified atom stereocenters. The molecule has 0 fully saturated rings. The van der Waals surface area contributed by atoms with Crippen LogP contribution in [-0.2, 0) is 10.2 Å². The van der Waals surface area contributed by atoms with Gasteiger partial charge in [0.25, 0.3) is 5.91 Å². The fourth-order valence-corrected chi connectivity index (χ4v) is 4.29. The second kappa shape index (κ2) is 10.9. The lowest BCUT2D eigenvalue weighted by Crippen LogP contribution is -2.45. The molecule has 0 radical (unpaired) electrons. The minimum Gasteiger partial charge on any atom is -0.490 e. The minimum atomic E-state index is -0.954. The molecular formula is C30H43NO4. The first kappa shape index (κ1) is 28.6. The number of ether oxygens (including phenoxy) is 1. The van der Waals surface area contributed by atoms with Gasteiger partial charge in [-0.3, -0.25) is 9.59 Å². The molecule has 0 aliphatic carbocycles. The Balaban J connectivity index is 2.37. The molecule has 0 aromatic heterocycles. The Kier molecular flexibility index (Phi) is 8.94. The molecule has 2 aromatic carbocycles. The summed E-state index contributed by atoms with van der Waals surface area (Å²) in [7, 11) is 0. The van der Waals surface area contributed by atoms with Crippen molar-refractivity contribution in [3.63, 3.8) is 0 Å². The topological polar surface area (TPSA) is 75.6 Å². The predicted molar refractivity (Wildman–Crippen MR) is 142 cm³/mol. The van der Waals surface area contributed by atoms with E-state index in [2.05, 4.69) is 37.4 Å². The third-order valence-corrected chi connectivity index (χ3v) is 7.58. The summed E-state index contributed by atoms with van der Waals surface area (Å²) < 4.78 is 6.05. The van der Waals surface area contributed by atoms with Crippen molar-refractivity contribution in [1.82, 2.24) is 5.32 Å². The number of rotatable bonds is 10. The molecule has 5 heteroatoms. The van der Waals surface area contributed by atoms with E-state index >= 15 is 0 Å². The van der Waals surface area contributed by atoms with Crippen LogP contribution in [0.5, 0.6) is 5.75 Å². The Morgan fingerprint density at radius 1 is 0.914 bits per heavy atom. The van der Waals surface area contributed by atoms with Crippen LogP contribution in [0, 0.1) is 19.3 Å². The molecule has 0 saturated heterocycles. The highest BCUT2D eigenvalue weighted by molar-refractivity contribution is 5.97. The van der Waals surface area contributed by atoms with E-state index in [1.54, 1.807) is 0 Å². The monoisotopic (exact) mass is 481 g/mol. The summed E-state index contributed by atoms with van der Waals surface area (Å²) in [4.78, 5) is 23.8. The number of hydrogen-bond donors (Lipinski definition) is 2. The quantitative estimate of drug-likeness (QED) is 0.443. The van der Waals surface area contributed by atoms with Gasteiger partial charge in [-0.25, -0.2) is 0 Å². The van der Waals surface area contributed by atoms with Crippen molar-refractivity contribution in [3.05, 3.63) is 64.2 Å². The lowest BCUT2D eigenvalue weighted by atomic mass is 9.70. The van der Waals surface area contributed by atoms with Crippen molar-refractivity contribution in [2.45, 2.75) is 86.2 Å². The minimum absolute atomic E-state index is 0.0345. The Morgan fingerprint density at radius 2 is 1.46 bits per heavy atom. The predicted octanol–water partition coefficient (Wildman–Crippen LogP) is 5.90. The maximum absolute atomic E-state index is 12.5. The molecule has 192 valence electrons. The number of nitrogens with one attached hydrogen (secondary N) is 1. The van der Waals surface area contributed by atoms with E-state index in [9.17, 15) is 14.7 Å². The molecule has 0 bridgehead atoms. The number of aliphatic hydroxyl groups is 1. The van der Waals surface area contributed by atoms with Crippen LogP contribution in [0.25, 0.3) is 0 Å². The van der Waals surface area contributed by atoms with Gasteiger partial charge in [0.1, 0.15) is 23.7 Å². The number of ketones is 1. The first-order chi connectivity index (χ1) is 16.2. The standard InChI is InChI=1S/C30H43NO4/c1-10-30(11-2,23-12-14-25(20(3)16-23)27(33)31-18-22(5)32)24-13-15-26(21(4)17-24)35-19-29(9,34)28(6,7)8/h12-17,34H,10-11,18-19H2,1-9H3,(H,31,33). The van der Waals surface area contributed by atoms with E-state index in [0.717, 1.165) is 35.3 Å². The van der Waals surface area contributed by atoms with Gasteiger partial charge in [-0.1, -0.05) is 58.9 Å². The molecule has 2 rings (SSSR count). The molecule has 0 aliphatic heterocycles. The lowest BCUT2D eigenvalue weighted by Gasteiger charge is -2.37. The van der Waals surface area contributed by atoms with E-state index in [4.69, 9.17) is 4.74 Å². The summed E-state index contributed by atoms with van der Waals surface area (Å²) in [5, 5.41) is 13.5. The van der Waals surface area contributed by atoms with E-state index in [1.165, 1.54) is 12.5 Å². The van der Waals surface area contributed by atoms with Gasteiger partial charge in [-0.2, -0.15) is 0 Å². The van der Waals surface area contributed by atoms with Crippen molar-refractivity contribution in [3.8, 4) is 5.75 Å². The van der Waals surface area contributed by atoms with E-state index in [0.29, 0.717) is 5.56 Å². The molecule has 1 atom stereocenters. The summed E-state index contributed by atoms with van der Waals surface area (Å²) in [5.41, 5.74) is 3.39. The summed E-state index contributed by atoms with van der Waals surface area (Å²) in [5.74, 6) is 0.466. The first-order valence-electron chi connectivity index (χ1n) is 12.5. The molecule has 2 aromatic rings. The largest absolute Gasteiger partial charge is 0.490 e. The first-order valence-corrected chi connectivity index (χ1v) is 12.5. The zero-order valence-electron chi connectivity index (χ0n) is 23.0. The number of Topliss-reactive ketones (excluding diaryl/α,β-unsaturated/α-hetero) is 1. The molecule has 0 aliphatic rings. The van der Waals surface area contributed by atoms with Gasteiger partial charge in [-0.15, -0.1) is 0 Å². The highest BCUT2D eigenvalue weighted by Crippen LogP contribution is 2.41. The highest BCUT2D eigenvalue weighted by Gasteiger charge is 2.36. The maximum Gasteiger partial charge on any atom is 0.251 e. The van der Waals surface area contributed by atoms with Crippen LogP contribution in [-0.4, -0.2) is 35.5 Å². The second-order valence-corrected chi connectivity index (χ2v) is 11.0. The maximum atomic E-state index is 12.5. The number of amides is 1. The molecule has 0 spiro atoms. The summed E-state index contributed by atoms with van der Waals surface area (Å²) >= 11 is 0. The third-order valence-electron chi connectivity index (χ3n) is 7.58. The van der Waals surface area contributed by atoms with Gasteiger partial charge in [0.05, 0.1) is 6.54 Å². The van der Waals surface area contributed by atoms with Crippen LogP contribution in [0.2, 0.25) is 0 Å². The normalized spacial score (nSPS) is 13.8.